The van der Waals surface area contributed by atoms with Gasteiger partial charge in [-0.15, -0.1) is 0 Å². The third-order valence-corrected chi connectivity index (χ3v) is 4.41. The first-order chi connectivity index (χ1) is 14.0. The maximum absolute atomic E-state index is 12.9. The lowest BCUT2D eigenvalue weighted by Gasteiger charge is -2.19. The Bertz CT molecular complexity index is 1120. The van der Waals surface area contributed by atoms with E-state index in [-0.39, 0.29) is 11.4 Å². The van der Waals surface area contributed by atoms with E-state index in [0.717, 1.165) is 5.56 Å². The van der Waals surface area contributed by atoms with Crippen molar-refractivity contribution in [1.29, 1.82) is 0 Å². The van der Waals surface area contributed by atoms with Crippen LogP contribution in [0.25, 0.3) is 5.69 Å². The van der Waals surface area contributed by atoms with Crippen LogP contribution >= 0.6 is 0 Å². The summed E-state index contributed by atoms with van der Waals surface area (Å²) in [5.41, 5.74) is 1.70. The van der Waals surface area contributed by atoms with Crippen LogP contribution in [0.4, 0.5) is 5.69 Å². The van der Waals surface area contributed by atoms with E-state index >= 15 is 0 Å². The number of nitrogens with one attached hydrogen (secondary N) is 1. The van der Waals surface area contributed by atoms with Crippen LogP contribution < -0.4 is 25.1 Å². The van der Waals surface area contributed by atoms with Crippen molar-refractivity contribution in [2.75, 3.05) is 25.6 Å². The number of hydrogen-bond acceptors (Lipinski definition) is 6. The third kappa shape index (κ3) is 3.77. The molecular formula is C21H19N3O5. The van der Waals surface area contributed by atoms with Gasteiger partial charge in [0.05, 0.1) is 18.9 Å². The second kappa shape index (κ2) is 7.67. The lowest BCUT2D eigenvalue weighted by molar-refractivity contribution is 0.101. The van der Waals surface area contributed by atoms with E-state index in [1.165, 1.54) is 17.9 Å². The van der Waals surface area contributed by atoms with E-state index in [1.807, 2.05) is 19.1 Å². The molecule has 0 radical (unpaired) electrons. The summed E-state index contributed by atoms with van der Waals surface area (Å²) < 4.78 is 17.4. The maximum atomic E-state index is 12.9. The minimum absolute atomic E-state index is 0.0115. The normalized spacial score (nSPS) is 12.3. The van der Waals surface area contributed by atoms with Gasteiger partial charge in [-0.05, 0) is 31.2 Å². The number of aromatic nitrogens is 2. The van der Waals surface area contributed by atoms with Crippen molar-refractivity contribution in [1.82, 2.24) is 9.78 Å². The van der Waals surface area contributed by atoms with E-state index in [1.54, 1.807) is 30.3 Å². The Balaban J connectivity index is 1.67. The number of ether oxygens (including phenoxy) is 3. The number of fused-ring (bicyclic) bond motifs is 1. The van der Waals surface area contributed by atoms with Gasteiger partial charge in [0.15, 0.2) is 22.9 Å². The van der Waals surface area contributed by atoms with Crippen molar-refractivity contribution in [3.8, 4) is 22.9 Å². The molecule has 29 heavy (non-hydrogen) atoms. The molecule has 1 amide bonds. The fourth-order valence-electron chi connectivity index (χ4n) is 2.94. The Labute approximate surface area is 166 Å². The van der Waals surface area contributed by atoms with Crippen molar-refractivity contribution in [2.45, 2.75) is 6.92 Å². The molecule has 8 nitrogen and oxygen atoms in total. The number of benzene rings is 2. The number of carbonyl (C=O) groups is 1. The molecule has 2 heterocycles. The lowest BCUT2D eigenvalue weighted by atomic mass is 10.2. The Kier molecular flexibility index (Phi) is 4.90. The van der Waals surface area contributed by atoms with E-state index in [9.17, 15) is 9.59 Å². The summed E-state index contributed by atoms with van der Waals surface area (Å²) in [7, 11) is 1.38. The molecule has 148 valence electrons. The van der Waals surface area contributed by atoms with Crippen LogP contribution in [-0.2, 0) is 0 Å². The number of aryl methyl sites for hydroxylation is 1. The van der Waals surface area contributed by atoms with Gasteiger partial charge in [0.2, 0.25) is 0 Å². The molecule has 0 aliphatic carbocycles. The lowest BCUT2D eigenvalue weighted by Crippen LogP contribution is -2.26. The Hall–Kier alpha value is -3.81. The highest BCUT2D eigenvalue weighted by molar-refractivity contribution is 6.04. The predicted octanol–water partition coefficient (Wildman–Crippen LogP) is 2.57. The van der Waals surface area contributed by atoms with Crippen LogP contribution in [-0.4, -0.2) is 36.0 Å². The molecule has 2 aromatic carbocycles. The fourth-order valence-corrected chi connectivity index (χ4v) is 2.94. The fraction of sp³-hybridized carbons (Fsp3) is 0.190. The number of carbonyl (C=O) groups excluding carboxylic acids is 1. The van der Waals surface area contributed by atoms with Crippen molar-refractivity contribution in [3.63, 3.8) is 0 Å². The first-order valence-electron chi connectivity index (χ1n) is 9.01. The summed E-state index contributed by atoms with van der Waals surface area (Å²) in [5, 5.41) is 7.00. The van der Waals surface area contributed by atoms with Crippen molar-refractivity contribution >= 4 is 11.6 Å². The molecule has 0 spiro atoms. The molecule has 3 aromatic rings. The van der Waals surface area contributed by atoms with Crippen LogP contribution in [0.5, 0.6) is 17.2 Å². The van der Waals surface area contributed by atoms with Crippen LogP contribution in [0.1, 0.15) is 16.1 Å². The average Bonchev–Trinajstić information content (AvgIpc) is 2.74. The summed E-state index contributed by atoms with van der Waals surface area (Å²) in [6.45, 7) is 2.88. The number of hydrogen-bond donors (Lipinski definition) is 1. The van der Waals surface area contributed by atoms with Gasteiger partial charge in [0.1, 0.15) is 13.2 Å². The van der Waals surface area contributed by atoms with Gasteiger partial charge >= 0.3 is 0 Å². The van der Waals surface area contributed by atoms with Crippen molar-refractivity contribution < 1.29 is 19.0 Å². The number of amides is 1. The average molecular weight is 393 g/mol. The molecule has 1 aliphatic heterocycles. The molecular weight excluding hydrogens is 374 g/mol. The van der Waals surface area contributed by atoms with E-state index < -0.39 is 11.5 Å². The largest absolute Gasteiger partial charge is 0.494 e. The smallest absolute Gasteiger partial charge is 0.280 e. The SMILES string of the molecule is COc1cc(=O)n(-c2ccc(C)cc2)nc1C(=O)Nc1ccc2c(c1)OCCO2. The van der Waals surface area contributed by atoms with Gasteiger partial charge in [-0.3, -0.25) is 9.59 Å². The number of anilines is 1. The first-order valence-corrected chi connectivity index (χ1v) is 9.01. The molecule has 0 fully saturated rings. The second-order valence-electron chi connectivity index (χ2n) is 6.46. The van der Waals surface area contributed by atoms with E-state index in [0.29, 0.717) is 36.1 Å². The molecule has 0 saturated carbocycles. The summed E-state index contributed by atoms with van der Waals surface area (Å²) in [4.78, 5) is 25.3. The summed E-state index contributed by atoms with van der Waals surface area (Å²) in [6.07, 6.45) is 0. The van der Waals surface area contributed by atoms with Gasteiger partial charge in [0.25, 0.3) is 11.5 Å². The molecule has 0 atom stereocenters. The molecule has 1 N–H and O–H groups in total. The van der Waals surface area contributed by atoms with Gasteiger partial charge in [-0.25, -0.2) is 0 Å². The van der Waals surface area contributed by atoms with Gasteiger partial charge in [0, 0.05) is 11.8 Å². The molecule has 1 aromatic heterocycles. The Morgan fingerprint density at radius 2 is 1.79 bits per heavy atom. The minimum atomic E-state index is -0.514. The summed E-state index contributed by atoms with van der Waals surface area (Å²) >= 11 is 0. The highest BCUT2D eigenvalue weighted by Crippen LogP contribution is 2.32. The van der Waals surface area contributed by atoms with Gasteiger partial charge in [-0.1, -0.05) is 17.7 Å². The Morgan fingerprint density at radius 3 is 2.52 bits per heavy atom. The zero-order valence-electron chi connectivity index (χ0n) is 16.0. The number of nitrogens with zero attached hydrogens (tertiary/aromatic N) is 2. The molecule has 1 aliphatic rings. The monoisotopic (exact) mass is 393 g/mol. The predicted molar refractivity (Wildman–Crippen MR) is 107 cm³/mol. The highest BCUT2D eigenvalue weighted by atomic mass is 16.6. The van der Waals surface area contributed by atoms with Crippen LogP contribution in [0.3, 0.4) is 0 Å². The first kappa shape index (κ1) is 18.5. The Morgan fingerprint density at radius 1 is 1.07 bits per heavy atom. The van der Waals surface area contributed by atoms with Gasteiger partial charge in [-0.2, -0.15) is 9.78 Å². The summed E-state index contributed by atoms with van der Waals surface area (Å²) in [6, 6.07) is 13.6. The molecule has 8 heteroatoms. The van der Waals surface area contributed by atoms with E-state index in [4.69, 9.17) is 14.2 Å². The topological polar surface area (TPSA) is 91.7 Å². The highest BCUT2D eigenvalue weighted by Gasteiger charge is 2.19. The number of rotatable bonds is 4. The van der Waals surface area contributed by atoms with Crippen LogP contribution in [0.2, 0.25) is 0 Å². The molecule has 0 bridgehead atoms. The summed E-state index contributed by atoms with van der Waals surface area (Å²) in [5.74, 6) is 0.754. The van der Waals surface area contributed by atoms with Gasteiger partial charge < -0.3 is 19.5 Å². The van der Waals surface area contributed by atoms with Crippen molar-refractivity contribution in [3.05, 3.63) is 70.1 Å². The minimum Gasteiger partial charge on any atom is -0.494 e. The molecule has 0 saturated heterocycles. The van der Waals surface area contributed by atoms with Crippen LogP contribution in [0.15, 0.2) is 53.3 Å². The molecule has 0 unspecified atom stereocenters. The standard InChI is InChI=1S/C21H19N3O5/c1-13-3-6-15(7-4-13)24-19(25)12-18(27-2)20(23-24)21(26)22-14-5-8-16-17(11-14)29-10-9-28-16/h3-8,11-12H,9-10H2,1-2H3,(H,22,26). The zero-order chi connectivity index (χ0) is 20.4. The second-order valence-corrected chi connectivity index (χ2v) is 6.46. The number of methoxy groups -OCH3 is 1. The zero-order valence-corrected chi connectivity index (χ0v) is 16.0. The van der Waals surface area contributed by atoms with E-state index in [2.05, 4.69) is 10.4 Å². The quantitative estimate of drug-likeness (QED) is 0.733. The van der Waals surface area contributed by atoms with Crippen LogP contribution in [0, 0.1) is 6.92 Å². The molecule has 4 rings (SSSR count). The maximum Gasteiger partial charge on any atom is 0.280 e. The van der Waals surface area contributed by atoms with Crippen molar-refractivity contribution in [2.24, 2.45) is 0 Å². The third-order valence-electron chi connectivity index (χ3n) is 4.41.